The second-order valence-electron chi connectivity index (χ2n) is 33.7. The van der Waals surface area contributed by atoms with Crippen molar-refractivity contribution in [1.82, 2.24) is 43.4 Å². The van der Waals surface area contributed by atoms with E-state index in [4.69, 9.17) is 43.8 Å². The van der Waals surface area contributed by atoms with E-state index in [1.54, 1.807) is 61.9 Å². The van der Waals surface area contributed by atoms with Crippen LogP contribution in [0.2, 0.25) is 5.02 Å². The lowest BCUT2D eigenvalue weighted by atomic mass is 9.75. The third kappa shape index (κ3) is 18.6. The second kappa shape index (κ2) is 37.8. The van der Waals surface area contributed by atoms with Crippen molar-refractivity contribution in [3.63, 3.8) is 0 Å². The van der Waals surface area contributed by atoms with E-state index in [0.29, 0.717) is 164 Å². The molecule has 3 aliphatic heterocycles. The maximum Gasteiger partial charge on any atom is 0.257 e. The van der Waals surface area contributed by atoms with Gasteiger partial charge in [-0.1, -0.05) is 241 Å². The van der Waals surface area contributed by atoms with Gasteiger partial charge in [0.15, 0.2) is 0 Å². The van der Waals surface area contributed by atoms with Crippen molar-refractivity contribution >= 4 is 29.3 Å². The molecule has 622 valence electrons. The highest BCUT2D eigenvalue weighted by Gasteiger charge is 2.41. The van der Waals surface area contributed by atoms with Gasteiger partial charge < -0.3 is 31.9 Å². The molecule has 6 N–H and O–H groups in total. The molecule has 0 radical (unpaired) electrons. The lowest BCUT2D eigenvalue weighted by molar-refractivity contribution is 0.0571. The van der Waals surface area contributed by atoms with Gasteiger partial charge in [0.05, 0.1) is 54.8 Å². The third-order valence-corrected chi connectivity index (χ3v) is 24.3. The summed E-state index contributed by atoms with van der Waals surface area (Å²) < 4.78 is 19.9. The van der Waals surface area contributed by atoms with Crippen LogP contribution in [-0.4, -0.2) is 99.3 Å². The van der Waals surface area contributed by atoms with Crippen molar-refractivity contribution in [3.05, 3.63) is 367 Å². The van der Waals surface area contributed by atoms with Gasteiger partial charge in [-0.3, -0.25) is 42.5 Å². The molecule has 6 heterocycles. The van der Waals surface area contributed by atoms with Gasteiger partial charge in [-0.05, 0) is 171 Å². The number of amides is 3. The number of carbonyl (C=O) groups excluding carboxylic acids is 3. The molecule has 1 aliphatic carbocycles. The van der Waals surface area contributed by atoms with Crippen LogP contribution in [0.3, 0.4) is 0 Å². The minimum absolute atomic E-state index is 0.00985. The molecule has 1 saturated carbocycles. The Labute approximate surface area is 713 Å². The second-order valence-corrected chi connectivity index (χ2v) is 34.1. The maximum atomic E-state index is 14.5. The van der Waals surface area contributed by atoms with E-state index in [0.717, 1.165) is 74.9 Å². The van der Waals surface area contributed by atoms with E-state index >= 15 is 0 Å². The summed E-state index contributed by atoms with van der Waals surface area (Å²) in [6.07, 6.45) is 6.25. The summed E-state index contributed by atoms with van der Waals surface area (Å²) in [4.78, 5) is 106. The number of benzene rings is 9. The Balaban J connectivity index is 0.000000149. The number of halogens is 2. The standard InChI is InChI=1S/C36H40N4O2.C33H35FN4O2.C32H33ClN4O2/c1-24(2)32(39(21-20-36(37)18-9-19-36)34(41)27-16-14-25(3)15-17-27)31-30(22-26-10-5-4-6-11-26)35(42)40-23-28-12-7-8-13-29(28)33(40)38-31;1-21(2)30(37(17-9-16-35)32(39)24-15-14-22(3)28(34)19-24)29-27(18-23-10-5-4-6-11-23)33(40)38-20-25-12-7-8-13-26(25)31(38)36-29;1-21(2)29(36(18-8-17-34)31(38)23-13-15-25(33)16-14-23)28-27(19-22-9-4-3-5-10-22)32(39)37-20-24-11-6-7-12-26(24)30(37)35-28/h4-8,10-17,24,32H,9,18-23,37H2,1-3H3;4-8,10-15,19,21,30H,9,16-18,20,35H2,1-3H3;3-7,9-16,21,29H,8,17-20,34H2,1-2H3. The Morgan fingerprint density at radius 2 is 0.760 bits per heavy atom. The van der Waals surface area contributed by atoms with Crippen LogP contribution in [0.25, 0.3) is 34.2 Å². The van der Waals surface area contributed by atoms with Crippen LogP contribution in [0, 0.1) is 37.4 Å². The molecule has 3 atom stereocenters. The van der Waals surface area contributed by atoms with Gasteiger partial charge >= 0.3 is 0 Å². The molecule has 1 fully saturated rings. The highest BCUT2D eigenvalue weighted by Crippen LogP contribution is 2.42. The zero-order chi connectivity index (χ0) is 85.3. The Morgan fingerprint density at radius 1 is 0.438 bits per heavy atom. The van der Waals surface area contributed by atoms with Crippen molar-refractivity contribution in [2.75, 3.05) is 32.7 Å². The number of nitrogens with two attached hydrogens (primary N) is 3. The third-order valence-electron chi connectivity index (χ3n) is 24.1. The SMILES string of the molecule is CC(C)C(c1nc2n(c(=O)c1Cc1ccccc1)Cc1ccccc1-2)N(CCCN)C(=O)c1ccc(Cl)cc1.Cc1ccc(C(=O)N(CCC2(N)CCC2)C(c2nc3n(c(=O)c2Cc2ccccc2)Cc2ccccc2-3)C(C)C)cc1.Cc1ccc(C(=O)N(CCCN)C(c2nc3n(c(=O)c2Cc2ccccc2)Cc2ccccc2-3)C(C)C)cc1F. The molecule has 4 aliphatic rings. The number of nitrogens with zero attached hydrogens (tertiary/aromatic N) is 9. The van der Waals surface area contributed by atoms with E-state index in [1.807, 2.05) is 213 Å². The normalized spacial score (nSPS) is 13.7. The maximum absolute atomic E-state index is 14.5. The van der Waals surface area contributed by atoms with Crippen LogP contribution in [0.4, 0.5) is 4.39 Å². The molecule has 12 aromatic rings. The summed E-state index contributed by atoms with van der Waals surface area (Å²) in [5, 5.41) is 0.567. The molecule has 3 amide bonds. The van der Waals surface area contributed by atoms with Crippen molar-refractivity contribution in [1.29, 1.82) is 0 Å². The number of fused-ring (bicyclic) bond motifs is 9. The van der Waals surface area contributed by atoms with Gasteiger partial charge in [-0.25, -0.2) is 19.3 Å². The Hall–Kier alpha value is -11.9. The molecule has 3 aromatic heterocycles. The fourth-order valence-electron chi connectivity index (χ4n) is 17.5. The zero-order valence-electron chi connectivity index (χ0n) is 70.4. The van der Waals surface area contributed by atoms with Crippen LogP contribution in [0.5, 0.6) is 0 Å². The van der Waals surface area contributed by atoms with Crippen LogP contribution in [-0.2, 0) is 38.9 Å². The van der Waals surface area contributed by atoms with Gasteiger partial charge in [-0.2, -0.15) is 0 Å². The summed E-state index contributed by atoms with van der Waals surface area (Å²) >= 11 is 6.11. The summed E-state index contributed by atoms with van der Waals surface area (Å²) in [6.45, 7) is 19.7. The lowest BCUT2D eigenvalue weighted by Crippen LogP contribution is -2.50. The van der Waals surface area contributed by atoms with Crippen LogP contribution in [0.1, 0.15) is 208 Å². The lowest BCUT2D eigenvalue weighted by Gasteiger charge is -2.42. The molecule has 16 rings (SSSR count). The first kappa shape index (κ1) is 85.5. The quantitative estimate of drug-likeness (QED) is 0.0435. The van der Waals surface area contributed by atoms with E-state index in [1.165, 1.54) is 6.07 Å². The summed E-state index contributed by atoms with van der Waals surface area (Å²) in [5.74, 6) is 0.952. The summed E-state index contributed by atoms with van der Waals surface area (Å²) in [6, 6.07) is 71.7. The first-order valence-corrected chi connectivity index (χ1v) is 42.8. The average Bonchev–Trinajstić information content (AvgIpc) is 1.62. The molecule has 9 aromatic carbocycles. The number of rotatable bonds is 27. The Morgan fingerprint density at radius 3 is 1.09 bits per heavy atom. The highest BCUT2D eigenvalue weighted by molar-refractivity contribution is 6.30. The van der Waals surface area contributed by atoms with Crippen LogP contribution in [0.15, 0.2) is 245 Å². The number of aryl methyl sites for hydroxylation is 2. The van der Waals surface area contributed by atoms with Crippen LogP contribution < -0.4 is 33.9 Å². The Bertz CT molecular complexity index is 5930. The Kier molecular flexibility index (Phi) is 26.7. The van der Waals surface area contributed by atoms with Crippen molar-refractivity contribution in [2.24, 2.45) is 35.0 Å². The molecule has 20 heteroatoms. The van der Waals surface area contributed by atoms with Gasteiger partial charge in [-0.15, -0.1) is 0 Å². The fourth-order valence-corrected chi connectivity index (χ4v) is 17.6. The van der Waals surface area contributed by atoms with Crippen molar-refractivity contribution < 1.29 is 18.8 Å². The molecular weight excluding hydrogens is 1530 g/mol. The van der Waals surface area contributed by atoms with Gasteiger partial charge in [0, 0.05) is 99.5 Å². The van der Waals surface area contributed by atoms with E-state index in [-0.39, 0.29) is 63.3 Å². The van der Waals surface area contributed by atoms with Gasteiger partial charge in [0.2, 0.25) is 0 Å². The van der Waals surface area contributed by atoms with E-state index < -0.39 is 23.9 Å². The largest absolute Gasteiger partial charge is 0.330 e. The number of hydrogen-bond donors (Lipinski definition) is 3. The smallest absolute Gasteiger partial charge is 0.257 e. The minimum Gasteiger partial charge on any atom is -0.330 e. The topological polar surface area (TPSA) is 244 Å². The molecule has 0 spiro atoms. The van der Waals surface area contributed by atoms with Gasteiger partial charge in [0.1, 0.15) is 23.3 Å². The number of aromatic nitrogens is 6. The average molecular weight is 1640 g/mol. The molecule has 121 heavy (non-hydrogen) atoms. The molecule has 0 bridgehead atoms. The van der Waals surface area contributed by atoms with Crippen LogP contribution >= 0.6 is 11.6 Å². The summed E-state index contributed by atoms with van der Waals surface area (Å²) in [5.41, 5.74) is 34.0. The zero-order valence-corrected chi connectivity index (χ0v) is 71.1. The van der Waals surface area contributed by atoms with E-state index in [2.05, 4.69) is 33.8 Å². The van der Waals surface area contributed by atoms with E-state index in [9.17, 15) is 33.2 Å². The highest BCUT2D eigenvalue weighted by atomic mass is 35.5. The molecule has 3 unspecified atom stereocenters. The monoisotopic (exact) mass is 1640 g/mol. The van der Waals surface area contributed by atoms with Crippen molar-refractivity contribution in [3.8, 4) is 34.2 Å². The molecule has 0 saturated heterocycles. The molecule has 18 nitrogen and oxygen atoms in total. The number of carbonyl (C=O) groups is 3. The number of hydrogen-bond acceptors (Lipinski definition) is 12. The minimum atomic E-state index is -0.520. The van der Waals surface area contributed by atoms with Crippen molar-refractivity contribution in [2.45, 2.75) is 156 Å². The molecular formula is C101H108ClFN12O6. The first-order valence-electron chi connectivity index (χ1n) is 42.4. The first-order chi connectivity index (χ1) is 58.4. The fraction of sp³-hybridized carbons (Fsp3) is 0.317. The van der Waals surface area contributed by atoms with Gasteiger partial charge in [0.25, 0.3) is 34.4 Å². The predicted molar refractivity (Wildman–Crippen MR) is 479 cm³/mol. The summed E-state index contributed by atoms with van der Waals surface area (Å²) in [7, 11) is 0. The predicted octanol–water partition coefficient (Wildman–Crippen LogP) is 17.5.